The third-order valence-electron chi connectivity index (χ3n) is 5.04. The maximum Gasteiger partial charge on any atom is 0.295 e. The molecule has 1 unspecified atom stereocenters. The van der Waals surface area contributed by atoms with Gasteiger partial charge in [-0.2, -0.15) is 0 Å². The van der Waals surface area contributed by atoms with E-state index in [-0.39, 0.29) is 30.6 Å². The van der Waals surface area contributed by atoms with Gasteiger partial charge in [0, 0.05) is 12.1 Å². The first-order valence-corrected chi connectivity index (χ1v) is 10.9. The number of Topliss-reactive ketones (excluding diaryl/α,β-unsaturated/α-hetero) is 1. The number of hydrogen-bond acceptors (Lipinski definition) is 6. The number of ether oxygens (including phenoxy) is 2. The Kier molecular flexibility index (Phi) is 7.40. The Labute approximate surface area is 188 Å². The molecule has 1 aliphatic rings. The minimum Gasteiger partial charge on any atom is -0.507 e. The van der Waals surface area contributed by atoms with Crippen LogP contribution in [0.3, 0.4) is 0 Å². The minimum absolute atomic E-state index is 0.00472. The molecular weight excluding hydrogens is 410 g/mol. The topological polar surface area (TPSA) is 89.2 Å². The van der Waals surface area contributed by atoms with Gasteiger partial charge in [0.2, 0.25) is 0 Å². The van der Waals surface area contributed by atoms with Gasteiger partial charge in [-0.05, 0) is 51.0 Å². The molecule has 1 N–H and O–H groups in total. The summed E-state index contributed by atoms with van der Waals surface area (Å²) in [5.41, 5.74) is 0.394. The number of likely N-dealkylation sites (tertiary alicyclic amines) is 1. The van der Waals surface area contributed by atoms with Gasteiger partial charge < -0.3 is 23.9 Å². The molecule has 1 aromatic heterocycles. The fraction of sp³-hybridized carbons (Fsp3) is 0.440. The van der Waals surface area contributed by atoms with E-state index >= 15 is 0 Å². The summed E-state index contributed by atoms with van der Waals surface area (Å²) in [6.45, 7) is 10.6. The van der Waals surface area contributed by atoms with Gasteiger partial charge in [-0.3, -0.25) is 9.59 Å². The Balaban J connectivity index is 2.01. The molecule has 1 saturated heterocycles. The fourth-order valence-corrected chi connectivity index (χ4v) is 3.55. The second-order valence-electron chi connectivity index (χ2n) is 8.59. The highest BCUT2D eigenvalue weighted by Gasteiger charge is 2.47. The van der Waals surface area contributed by atoms with Crippen LogP contribution in [0.4, 0.5) is 0 Å². The van der Waals surface area contributed by atoms with Gasteiger partial charge in [0.05, 0.1) is 24.9 Å². The van der Waals surface area contributed by atoms with Gasteiger partial charge in [-0.25, -0.2) is 0 Å². The summed E-state index contributed by atoms with van der Waals surface area (Å²) in [5, 5.41) is 11.1. The zero-order valence-electron chi connectivity index (χ0n) is 19.3. The van der Waals surface area contributed by atoms with Gasteiger partial charge in [-0.1, -0.05) is 26.0 Å². The van der Waals surface area contributed by atoms with Crippen molar-refractivity contribution < 1.29 is 28.6 Å². The van der Waals surface area contributed by atoms with Crippen molar-refractivity contribution in [2.45, 2.75) is 46.8 Å². The largest absolute Gasteiger partial charge is 0.507 e. The lowest BCUT2D eigenvalue weighted by Gasteiger charge is -2.23. The van der Waals surface area contributed by atoms with Crippen molar-refractivity contribution in [3.63, 3.8) is 0 Å². The van der Waals surface area contributed by atoms with Crippen molar-refractivity contribution >= 4 is 17.4 Å². The SMILES string of the molecule is Cc1ccc(C2/C(=C(/O)c3cccc(OCC(C)C)c3)C(=O)C(=O)N2CCOC(C)C)o1. The van der Waals surface area contributed by atoms with Crippen LogP contribution in [0.1, 0.15) is 50.8 Å². The summed E-state index contributed by atoms with van der Waals surface area (Å²) in [6, 6.07) is 9.52. The molecule has 172 valence electrons. The third kappa shape index (κ3) is 5.22. The molecule has 0 aliphatic carbocycles. The lowest BCUT2D eigenvalue weighted by molar-refractivity contribution is -0.140. The van der Waals surface area contributed by atoms with Crippen molar-refractivity contribution in [3.05, 3.63) is 59.1 Å². The van der Waals surface area contributed by atoms with E-state index in [0.29, 0.717) is 35.4 Å². The number of benzene rings is 1. The van der Waals surface area contributed by atoms with Crippen LogP contribution < -0.4 is 4.74 Å². The number of rotatable bonds is 9. The molecule has 0 bridgehead atoms. The number of nitrogens with zero attached hydrogens (tertiary/aromatic N) is 1. The van der Waals surface area contributed by atoms with E-state index in [2.05, 4.69) is 0 Å². The first-order chi connectivity index (χ1) is 15.2. The van der Waals surface area contributed by atoms with Crippen molar-refractivity contribution in [1.29, 1.82) is 0 Å². The zero-order chi connectivity index (χ0) is 23.4. The summed E-state index contributed by atoms with van der Waals surface area (Å²) < 4.78 is 17.1. The number of carbonyl (C=O) groups is 2. The fourth-order valence-electron chi connectivity index (χ4n) is 3.55. The molecule has 1 aromatic carbocycles. The Morgan fingerprint density at radius 1 is 1.16 bits per heavy atom. The summed E-state index contributed by atoms with van der Waals surface area (Å²) >= 11 is 0. The monoisotopic (exact) mass is 441 g/mol. The highest BCUT2D eigenvalue weighted by molar-refractivity contribution is 6.46. The average molecular weight is 442 g/mol. The molecule has 0 saturated carbocycles. The van der Waals surface area contributed by atoms with E-state index in [9.17, 15) is 14.7 Å². The summed E-state index contributed by atoms with van der Waals surface area (Å²) in [5.74, 6) is 0.281. The van der Waals surface area contributed by atoms with Crippen molar-refractivity contribution in [2.24, 2.45) is 5.92 Å². The molecule has 2 heterocycles. The van der Waals surface area contributed by atoms with Crippen molar-refractivity contribution in [2.75, 3.05) is 19.8 Å². The maximum atomic E-state index is 13.0. The van der Waals surface area contributed by atoms with Gasteiger partial charge in [0.1, 0.15) is 29.1 Å². The average Bonchev–Trinajstić information content (AvgIpc) is 3.28. The van der Waals surface area contributed by atoms with Crippen LogP contribution >= 0.6 is 0 Å². The molecule has 32 heavy (non-hydrogen) atoms. The molecule has 1 amide bonds. The molecule has 0 spiro atoms. The number of aryl methyl sites for hydroxylation is 1. The second-order valence-corrected chi connectivity index (χ2v) is 8.59. The molecule has 7 heteroatoms. The van der Waals surface area contributed by atoms with Crippen LogP contribution in [0, 0.1) is 12.8 Å². The zero-order valence-corrected chi connectivity index (χ0v) is 19.3. The number of hydrogen-bond donors (Lipinski definition) is 1. The molecule has 1 atom stereocenters. The van der Waals surface area contributed by atoms with E-state index in [1.165, 1.54) is 4.90 Å². The summed E-state index contributed by atoms with van der Waals surface area (Å²) in [7, 11) is 0. The predicted molar refractivity (Wildman–Crippen MR) is 120 cm³/mol. The number of aliphatic hydroxyl groups excluding tert-OH is 1. The minimum atomic E-state index is -0.834. The quantitative estimate of drug-likeness (QED) is 0.351. The van der Waals surface area contributed by atoms with Gasteiger partial charge in [0.25, 0.3) is 11.7 Å². The molecular formula is C25H31NO6. The first kappa shape index (κ1) is 23.6. The number of ketones is 1. The number of aliphatic hydroxyl groups is 1. The van der Waals surface area contributed by atoms with Crippen molar-refractivity contribution in [3.8, 4) is 5.75 Å². The Morgan fingerprint density at radius 2 is 1.91 bits per heavy atom. The van der Waals surface area contributed by atoms with Gasteiger partial charge in [0.15, 0.2) is 0 Å². The Morgan fingerprint density at radius 3 is 2.53 bits per heavy atom. The summed E-state index contributed by atoms with van der Waals surface area (Å²) in [6.07, 6.45) is -0.00953. The molecule has 1 aliphatic heterocycles. The number of furan rings is 1. The second kappa shape index (κ2) is 10.0. The van der Waals surface area contributed by atoms with Crippen LogP contribution in [-0.4, -0.2) is 47.6 Å². The van der Waals surface area contributed by atoms with Crippen LogP contribution in [-0.2, 0) is 14.3 Å². The van der Waals surface area contributed by atoms with E-state index in [1.807, 2.05) is 27.7 Å². The predicted octanol–water partition coefficient (Wildman–Crippen LogP) is 4.47. The normalized spacial score (nSPS) is 18.2. The highest BCUT2D eigenvalue weighted by atomic mass is 16.5. The Bertz CT molecular complexity index is 1000. The van der Waals surface area contributed by atoms with Gasteiger partial charge >= 0.3 is 0 Å². The highest BCUT2D eigenvalue weighted by Crippen LogP contribution is 2.40. The van der Waals surface area contributed by atoms with E-state index < -0.39 is 17.7 Å². The first-order valence-electron chi connectivity index (χ1n) is 10.9. The lowest BCUT2D eigenvalue weighted by atomic mass is 9.99. The maximum absolute atomic E-state index is 13.0. The van der Waals surface area contributed by atoms with Crippen LogP contribution in [0.25, 0.3) is 5.76 Å². The van der Waals surface area contributed by atoms with Crippen LogP contribution in [0.5, 0.6) is 5.75 Å². The third-order valence-corrected chi connectivity index (χ3v) is 5.04. The Hall–Kier alpha value is -3.06. The molecule has 3 rings (SSSR count). The lowest BCUT2D eigenvalue weighted by Crippen LogP contribution is -2.33. The summed E-state index contributed by atoms with van der Waals surface area (Å²) in [4.78, 5) is 27.3. The van der Waals surface area contributed by atoms with E-state index in [0.717, 1.165) is 0 Å². The van der Waals surface area contributed by atoms with E-state index in [4.69, 9.17) is 13.9 Å². The standard InChI is InChI=1S/C25H31NO6/c1-15(2)14-31-19-8-6-7-18(13-19)23(27)21-22(20-10-9-17(5)32-20)26(25(29)24(21)28)11-12-30-16(3)4/h6-10,13,15-16,22,27H,11-12,14H2,1-5H3/b23-21-. The molecule has 2 aromatic rings. The van der Waals surface area contributed by atoms with E-state index in [1.54, 1.807) is 43.3 Å². The van der Waals surface area contributed by atoms with Crippen LogP contribution in [0.2, 0.25) is 0 Å². The number of amides is 1. The molecule has 7 nitrogen and oxygen atoms in total. The van der Waals surface area contributed by atoms with Gasteiger partial charge in [-0.15, -0.1) is 0 Å². The van der Waals surface area contributed by atoms with Crippen molar-refractivity contribution in [1.82, 2.24) is 4.90 Å². The molecule has 1 fully saturated rings. The molecule has 0 radical (unpaired) electrons. The number of carbonyl (C=O) groups excluding carboxylic acids is 2. The van der Waals surface area contributed by atoms with Crippen LogP contribution in [0.15, 0.2) is 46.4 Å². The smallest absolute Gasteiger partial charge is 0.295 e.